The number of hydrogen-bond donors (Lipinski definition) is 1. The standard InChI is InChI=1S/C18H14ClNO4/c19-13-4-1-7(5-12(13)18(23)24)20-16(21)14-8-2-3-9(11-6-10(8)11)15(14)17(20)22/h1-5,8-11,14-15H,6H2,(H,23,24)/t8-,9+,10-,11+,14-,15+. The van der Waals surface area contributed by atoms with Crippen LogP contribution in [0.2, 0.25) is 5.02 Å². The van der Waals surface area contributed by atoms with E-state index in [1.165, 1.54) is 23.1 Å². The lowest BCUT2D eigenvalue weighted by molar-refractivity contribution is -0.124. The van der Waals surface area contributed by atoms with Crippen LogP contribution in [0.5, 0.6) is 0 Å². The molecule has 4 aliphatic carbocycles. The van der Waals surface area contributed by atoms with Crippen LogP contribution in [0.3, 0.4) is 0 Å². The van der Waals surface area contributed by atoms with Crippen molar-refractivity contribution < 1.29 is 19.5 Å². The molecule has 1 aliphatic heterocycles. The number of aromatic carboxylic acids is 1. The van der Waals surface area contributed by atoms with Gasteiger partial charge in [0, 0.05) is 0 Å². The van der Waals surface area contributed by atoms with Gasteiger partial charge in [-0.05, 0) is 48.3 Å². The number of halogens is 1. The molecule has 6 rings (SSSR count). The van der Waals surface area contributed by atoms with Crippen LogP contribution in [0.1, 0.15) is 16.8 Å². The Morgan fingerprint density at radius 3 is 2.21 bits per heavy atom. The Hall–Kier alpha value is -2.14. The van der Waals surface area contributed by atoms with Gasteiger partial charge in [-0.1, -0.05) is 23.8 Å². The highest BCUT2D eigenvalue weighted by Crippen LogP contribution is 2.65. The largest absolute Gasteiger partial charge is 0.478 e. The predicted molar refractivity (Wildman–Crippen MR) is 85.6 cm³/mol. The van der Waals surface area contributed by atoms with Gasteiger partial charge in [0.15, 0.2) is 0 Å². The van der Waals surface area contributed by atoms with Gasteiger partial charge in [-0.3, -0.25) is 9.59 Å². The van der Waals surface area contributed by atoms with Crippen molar-refractivity contribution in [3.05, 3.63) is 40.9 Å². The van der Waals surface area contributed by atoms with Gasteiger partial charge in [0.1, 0.15) is 0 Å². The normalized spacial score (nSPS) is 38.3. The van der Waals surface area contributed by atoms with Crippen molar-refractivity contribution in [2.24, 2.45) is 35.5 Å². The number of hydrogen-bond acceptors (Lipinski definition) is 3. The number of carboxylic acid groups (broad SMARTS) is 1. The molecule has 122 valence electrons. The summed E-state index contributed by atoms with van der Waals surface area (Å²) in [4.78, 5) is 38.4. The molecule has 2 bridgehead atoms. The number of rotatable bonds is 2. The monoisotopic (exact) mass is 343 g/mol. The fraction of sp³-hybridized carbons (Fsp3) is 0.389. The average Bonchev–Trinajstić information content (AvgIpc) is 3.33. The number of carbonyl (C=O) groups is 3. The molecule has 1 aromatic rings. The molecule has 5 nitrogen and oxygen atoms in total. The molecular formula is C18H14ClNO4. The number of carbonyl (C=O) groups excluding carboxylic acids is 2. The first kappa shape index (κ1) is 14.2. The molecular weight excluding hydrogens is 330 g/mol. The summed E-state index contributed by atoms with van der Waals surface area (Å²) < 4.78 is 0. The lowest BCUT2D eigenvalue weighted by atomic mass is 9.63. The van der Waals surface area contributed by atoms with Crippen LogP contribution in [0.15, 0.2) is 30.4 Å². The number of imide groups is 1. The van der Waals surface area contributed by atoms with Crippen LogP contribution in [0, 0.1) is 35.5 Å². The van der Waals surface area contributed by atoms with E-state index < -0.39 is 5.97 Å². The fourth-order valence-corrected chi connectivity index (χ4v) is 5.23. The molecule has 2 saturated carbocycles. The minimum absolute atomic E-state index is 0.0886. The Kier molecular flexibility index (Phi) is 2.65. The van der Waals surface area contributed by atoms with Gasteiger partial charge in [0.05, 0.1) is 28.1 Å². The summed E-state index contributed by atoms with van der Waals surface area (Å²) >= 11 is 5.89. The Morgan fingerprint density at radius 1 is 1.08 bits per heavy atom. The molecule has 1 N–H and O–H groups in total. The van der Waals surface area contributed by atoms with Crippen LogP contribution >= 0.6 is 11.6 Å². The van der Waals surface area contributed by atoms with Gasteiger partial charge < -0.3 is 5.11 Å². The molecule has 0 unspecified atom stereocenters. The van der Waals surface area contributed by atoms with Gasteiger partial charge in [0.25, 0.3) is 0 Å². The summed E-state index contributed by atoms with van der Waals surface area (Å²) in [7, 11) is 0. The molecule has 2 amide bonds. The van der Waals surface area contributed by atoms with E-state index in [2.05, 4.69) is 12.2 Å². The second-order valence-corrected chi connectivity index (χ2v) is 7.54. The molecule has 24 heavy (non-hydrogen) atoms. The van der Waals surface area contributed by atoms with Crippen LogP contribution in [0.4, 0.5) is 5.69 Å². The van der Waals surface area contributed by atoms with E-state index in [-0.39, 0.29) is 46.1 Å². The van der Waals surface area contributed by atoms with Gasteiger partial charge in [-0.25, -0.2) is 9.69 Å². The van der Waals surface area contributed by atoms with Crippen LogP contribution in [-0.4, -0.2) is 22.9 Å². The molecule has 1 heterocycles. The zero-order chi connectivity index (χ0) is 16.7. The molecule has 6 atom stereocenters. The summed E-state index contributed by atoms with van der Waals surface area (Å²) in [6.07, 6.45) is 5.33. The first-order valence-corrected chi connectivity index (χ1v) is 8.46. The molecule has 0 aromatic heterocycles. The molecule has 1 saturated heterocycles. The predicted octanol–water partition coefficient (Wildman–Crippen LogP) is 2.60. The quantitative estimate of drug-likeness (QED) is 0.661. The number of nitrogens with zero attached hydrogens (tertiary/aromatic N) is 1. The SMILES string of the molecule is O=C(O)c1cc(N2C(=O)[C@@H]3[C@@H]4C=C[C@@H]([C@@H]5C[C@H]45)[C@@H]3C2=O)ccc1Cl. The maximum absolute atomic E-state index is 13.0. The van der Waals surface area contributed by atoms with E-state index in [9.17, 15) is 19.5 Å². The van der Waals surface area contributed by atoms with Crippen molar-refractivity contribution in [3.63, 3.8) is 0 Å². The summed E-state index contributed by atoms with van der Waals surface area (Å²) in [6.45, 7) is 0. The van der Waals surface area contributed by atoms with E-state index >= 15 is 0 Å². The second-order valence-electron chi connectivity index (χ2n) is 7.14. The van der Waals surface area contributed by atoms with Gasteiger partial charge in [0.2, 0.25) is 11.8 Å². The Balaban J connectivity index is 1.57. The van der Waals surface area contributed by atoms with Gasteiger partial charge >= 0.3 is 5.97 Å². The number of anilines is 1. The smallest absolute Gasteiger partial charge is 0.337 e. The number of amides is 2. The van der Waals surface area contributed by atoms with Crippen molar-refractivity contribution in [1.82, 2.24) is 0 Å². The second kappa shape index (κ2) is 4.48. The molecule has 0 spiro atoms. The molecule has 3 fully saturated rings. The van der Waals surface area contributed by atoms with E-state index in [1.807, 2.05) is 0 Å². The molecule has 1 aromatic carbocycles. The van der Waals surface area contributed by atoms with E-state index in [0.717, 1.165) is 6.42 Å². The zero-order valence-electron chi connectivity index (χ0n) is 12.6. The zero-order valence-corrected chi connectivity index (χ0v) is 13.3. The highest BCUT2D eigenvalue weighted by molar-refractivity contribution is 6.34. The molecule has 0 radical (unpaired) electrons. The first-order valence-electron chi connectivity index (χ1n) is 8.08. The minimum atomic E-state index is -1.18. The Labute approximate surface area is 142 Å². The summed E-state index contributed by atoms with van der Waals surface area (Å²) in [5.41, 5.74) is 0.197. The van der Waals surface area contributed by atoms with Crippen LogP contribution < -0.4 is 4.90 Å². The van der Waals surface area contributed by atoms with Gasteiger partial charge in [-0.15, -0.1) is 0 Å². The lowest BCUT2D eigenvalue weighted by Gasteiger charge is -2.37. The minimum Gasteiger partial charge on any atom is -0.478 e. The Morgan fingerprint density at radius 2 is 1.67 bits per heavy atom. The Bertz CT molecular complexity index is 811. The highest BCUT2D eigenvalue weighted by atomic mass is 35.5. The van der Waals surface area contributed by atoms with Crippen molar-refractivity contribution >= 4 is 35.1 Å². The first-order chi connectivity index (χ1) is 11.5. The summed E-state index contributed by atoms with van der Waals surface area (Å²) in [6, 6.07) is 4.28. The van der Waals surface area contributed by atoms with Crippen LogP contribution in [0.25, 0.3) is 0 Å². The third kappa shape index (κ3) is 1.63. The van der Waals surface area contributed by atoms with E-state index in [1.54, 1.807) is 0 Å². The topological polar surface area (TPSA) is 74.7 Å². The molecule has 5 aliphatic rings. The average molecular weight is 344 g/mol. The molecule has 6 heteroatoms. The highest BCUT2D eigenvalue weighted by Gasteiger charge is 2.67. The van der Waals surface area contributed by atoms with Gasteiger partial charge in [-0.2, -0.15) is 0 Å². The summed E-state index contributed by atoms with van der Waals surface area (Å²) in [5.74, 6) is -0.783. The van der Waals surface area contributed by atoms with Crippen molar-refractivity contribution in [3.8, 4) is 0 Å². The number of benzene rings is 1. The van der Waals surface area contributed by atoms with Crippen molar-refractivity contribution in [2.75, 3.05) is 4.90 Å². The van der Waals surface area contributed by atoms with E-state index in [0.29, 0.717) is 17.5 Å². The maximum atomic E-state index is 13.0. The number of allylic oxidation sites excluding steroid dienone is 2. The maximum Gasteiger partial charge on any atom is 0.337 e. The fourth-order valence-electron chi connectivity index (χ4n) is 5.03. The summed E-state index contributed by atoms with van der Waals surface area (Å²) in [5, 5.41) is 9.31. The number of carboxylic acids is 1. The van der Waals surface area contributed by atoms with Crippen molar-refractivity contribution in [2.45, 2.75) is 6.42 Å². The van der Waals surface area contributed by atoms with E-state index in [4.69, 9.17) is 11.6 Å². The van der Waals surface area contributed by atoms with Crippen LogP contribution in [-0.2, 0) is 9.59 Å². The lowest BCUT2D eigenvalue weighted by Crippen LogP contribution is -2.40. The van der Waals surface area contributed by atoms with Crippen molar-refractivity contribution in [1.29, 1.82) is 0 Å². The third-order valence-electron chi connectivity index (χ3n) is 6.10. The third-order valence-corrected chi connectivity index (χ3v) is 6.43.